The molecule has 2 N–H and O–H groups in total. The molecule has 0 atom stereocenters. The molecule has 0 saturated heterocycles. The first-order valence-electron chi connectivity index (χ1n) is 7.00. The smallest absolute Gasteiger partial charge is 0.234 e. The summed E-state index contributed by atoms with van der Waals surface area (Å²) in [5.41, 5.74) is 2.00. The maximum Gasteiger partial charge on any atom is 0.234 e. The highest BCUT2D eigenvalue weighted by Crippen LogP contribution is 2.03. The Balaban J connectivity index is 1.61. The van der Waals surface area contributed by atoms with E-state index in [2.05, 4.69) is 10.6 Å². The zero-order valence-electron chi connectivity index (χ0n) is 11.8. The van der Waals surface area contributed by atoms with Crippen molar-refractivity contribution in [1.29, 1.82) is 0 Å². The van der Waals surface area contributed by atoms with Gasteiger partial charge in [-0.15, -0.1) is 0 Å². The van der Waals surface area contributed by atoms with Gasteiger partial charge in [-0.3, -0.25) is 4.79 Å². The van der Waals surface area contributed by atoms with Crippen molar-refractivity contribution in [3.8, 4) is 0 Å². The van der Waals surface area contributed by atoms with Crippen molar-refractivity contribution in [2.45, 2.75) is 13.0 Å². The number of halogens is 1. The van der Waals surface area contributed by atoms with Crippen LogP contribution in [0.15, 0.2) is 54.6 Å². The van der Waals surface area contributed by atoms with E-state index in [0.717, 1.165) is 11.1 Å². The summed E-state index contributed by atoms with van der Waals surface area (Å²) >= 11 is 0. The van der Waals surface area contributed by atoms with Crippen LogP contribution in [0.1, 0.15) is 11.1 Å². The second kappa shape index (κ2) is 8.17. The van der Waals surface area contributed by atoms with Crippen LogP contribution in [0.4, 0.5) is 4.39 Å². The van der Waals surface area contributed by atoms with Crippen molar-refractivity contribution in [3.63, 3.8) is 0 Å². The van der Waals surface area contributed by atoms with Gasteiger partial charge in [-0.2, -0.15) is 0 Å². The van der Waals surface area contributed by atoms with Crippen LogP contribution in [-0.2, 0) is 17.8 Å². The molecule has 3 nitrogen and oxygen atoms in total. The molecule has 110 valence electrons. The highest BCUT2D eigenvalue weighted by Gasteiger charge is 2.01. The van der Waals surface area contributed by atoms with Crippen LogP contribution in [0.25, 0.3) is 0 Å². The first kappa shape index (κ1) is 15.2. The highest BCUT2D eigenvalue weighted by atomic mass is 19.1. The van der Waals surface area contributed by atoms with Crippen LogP contribution in [0.2, 0.25) is 0 Å². The zero-order chi connectivity index (χ0) is 14.9. The minimum Gasteiger partial charge on any atom is -0.351 e. The van der Waals surface area contributed by atoms with Gasteiger partial charge in [0.1, 0.15) is 5.82 Å². The summed E-state index contributed by atoms with van der Waals surface area (Å²) in [7, 11) is 0. The van der Waals surface area contributed by atoms with Crippen LogP contribution in [0, 0.1) is 5.82 Å². The van der Waals surface area contributed by atoms with E-state index in [0.29, 0.717) is 19.5 Å². The summed E-state index contributed by atoms with van der Waals surface area (Å²) in [6, 6.07) is 16.3. The number of nitrogens with one attached hydrogen (secondary N) is 2. The van der Waals surface area contributed by atoms with E-state index in [-0.39, 0.29) is 18.3 Å². The number of amides is 1. The highest BCUT2D eigenvalue weighted by molar-refractivity contribution is 5.77. The van der Waals surface area contributed by atoms with Gasteiger partial charge >= 0.3 is 0 Å². The monoisotopic (exact) mass is 286 g/mol. The maximum atomic E-state index is 13.0. The van der Waals surface area contributed by atoms with Crippen LogP contribution < -0.4 is 10.6 Å². The van der Waals surface area contributed by atoms with E-state index < -0.39 is 0 Å². The Hall–Kier alpha value is -2.20. The molecular weight excluding hydrogens is 267 g/mol. The third kappa shape index (κ3) is 5.75. The maximum absolute atomic E-state index is 13.0. The SMILES string of the molecule is O=C(CNCCc1cccc(F)c1)NCc1ccccc1. The number of hydrogen-bond donors (Lipinski definition) is 2. The average molecular weight is 286 g/mol. The summed E-state index contributed by atoms with van der Waals surface area (Å²) in [6.45, 7) is 1.44. The molecule has 2 aromatic rings. The Kier molecular flexibility index (Phi) is 5.91. The summed E-state index contributed by atoms with van der Waals surface area (Å²) in [5.74, 6) is -0.272. The Labute approximate surface area is 124 Å². The summed E-state index contributed by atoms with van der Waals surface area (Å²) in [5, 5.41) is 5.90. The lowest BCUT2D eigenvalue weighted by atomic mass is 10.1. The predicted molar refractivity (Wildman–Crippen MR) is 81.3 cm³/mol. The lowest BCUT2D eigenvalue weighted by Crippen LogP contribution is -2.34. The van der Waals surface area contributed by atoms with E-state index in [4.69, 9.17) is 0 Å². The molecule has 21 heavy (non-hydrogen) atoms. The van der Waals surface area contributed by atoms with Gasteiger partial charge in [-0.25, -0.2) is 4.39 Å². The van der Waals surface area contributed by atoms with E-state index in [1.54, 1.807) is 6.07 Å². The molecule has 1 amide bonds. The van der Waals surface area contributed by atoms with Gasteiger partial charge < -0.3 is 10.6 Å². The topological polar surface area (TPSA) is 41.1 Å². The van der Waals surface area contributed by atoms with E-state index in [9.17, 15) is 9.18 Å². The lowest BCUT2D eigenvalue weighted by molar-refractivity contribution is -0.120. The molecule has 2 rings (SSSR count). The predicted octanol–water partition coefficient (Wildman–Crippen LogP) is 2.27. The molecule has 0 aromatic heterocycles. The Bertz CT molecular complexity index is 572. The molecule has 0 bridgehead atoms. The Morgan fingerprint density at radius 2 is 1.76 bits per heavy atom. The minimum absolute atomic E-state index is 0.0434. The third-order valence-electron chi connectivity index (χ3n) is 3.10. The fourth-order valence-electron chi connectivity index (χ4n) is 1.99. The van der Waals surface area contributed by atoms with Crippen LogP contribution >= 0.6 is 0 Å². The number of carbonyl (C=O) groups excluding carboxylic acids is 1. The number of hydrogen-bond acceptors (Lipinski definition) is 2. The molecule has 0 aliphatic heterocycles. The van der Waals surface area contributed by atoms with Crippen molar-refractivity contribution < 1.29 is 9.18 Å². The van der Waals surface area contributed by atoms with Gasteiger partial charge in [0.2, 0.25) is 5.91 Å². The number of benzene rings is 2. The fraction of sp³-hybridized carbons (Fsp3) is 0.235. The van der Waals surface area contributed by atoms with Crippen molar-refractivity contribution in [2.75, 3.05) is 13.1 Å². The first-order chi connectivity index (χ1) is 10.2. The van der Waals surface area contributed by atoms with Gasteiger partial charge in [0.15, 0.2) is 0 Å². The minimum atomic E-state index is -0.229. The molecule has 0 saturated carbocycles. The van der Waals surface area contributed by atoms with Gasteiger partial charge in [0.05, 0.1) is 6.54 Å². The largest absolute Gasteiger partial charge is 0.351 e. The summed E-state index contributed by atoms with van der Waals surface area (Å²) < 4.78 is 13.0. The molecule has 0 unspecified atom stereocenters. The standard InChI is InChI=1S/C17H19FN2O/c18-16-8-4-7-14(11-16)9-10-19-13-17(21)20-12-15-5-2-1-3-6-15/h1-8,11,19H,9-10,12-13H2,(H,20,21). The molecule has 0 spiro atoms. The first-order valence-corrected chi connectivity index (χ1v) is 7.00. The second-order valence-corrected chi connectivity index (χ2v) is 4.82. The fourth-order valence-corrected chi connectivity index (χ4v) is 1.99. The number of carbonyl (C=O) groups is 1. The quantitative estimate of drug-likeness (QED) is 0.767. The van der Waals surface area contributed by atoms with Gasteiger partial charge in [0, 0.05) is 6.54 Å². The molecule has 4 heteroatoms. The molecule has 0 fully saturated rings. The molecule has 0 aliphatic rings. The Morgan fingerprint density at radius 1 is 1.00 bits per heavy atom. The van der Waals surface area contributed by atoms with E-state index in [1.165, 1.54) is 12.1 Å². The zero-order valence-corrected chi connectivity index (χ0v) is 11.8. The molecule has 0 radical (unpaired) electrons. The van der Waals surface area contributed by atoms with Crippen LogP contribution in [0.3, 0.4) is 0 Å². The van der Waals surface area contributed by atoms with Crippen LogP contribution in [0.5, 0.6) is 0 Å². The molecule has 0 aliphatic carbocycles. The van der Waals surface area contributed by atoms with Gasteiger partial charge in [-0.05, 0) is 36.2 Å². The Morgan fingerprint density at radius 3 is 2.52 bits per heavy atom. The van der Waals surface area contributed by atoms with Crippen LogP contribution in [-0.4, -0.2) is 19.0 Å². The normalized spacial score (nSPS) is 10.3. The summed E-state index contributed by atoms with van der Waals surface area (Å²) in [6.07, 6.45) is 0.698. The average Bonchev–Trinajstić information content (AvgIpc) is 2.51. The molecule has 0 heterocycles. The van der Waals surface area contributed by atoms with Crippen molar-refractivity contribution in [3.05, 3.63) is 71.5 Å². The van der Waals surface area contributed by atoms with Crippen molar-refractivity contribution >= 4 is 5.91 Å². The third-order valence-corrected chi connectivity index (χ3v) is 3.10. The van der Waals surface area contributed by atoms with Gasteiger partial charge in [0.25, 0.3) is 0 Å². The summed E-state index contributed by atoms with van der Waals surface area (Å²) in [4.78, 5) is 11.6. The van der Waals surface area contributed by atoms with E-state index in [1.807, 2.05) is 36.4 Å². The molecular formula is C17H19FN2O. The second-order valence-electron chi connectivity index (χ2n) is 4.82. The van der Waals surface area contributed by atoms with Crippen molar-refractivity contribution in [1.82, 2.24) is 10.6 Å². The number of rotatable bonds is 7. The van der Waals surface area contributed by atoms with Gasteiger partial charge in [-0.1, -0.05) is 42.5 Å². The van der Waals surface area contributed by atoms with E-state index >= 15 is 0 Å². The van der Waals surface area contributed by atoms with Crippen molar-refractivity contribution in [2.24, 2.45) is 0 Å². The lowest BCUT2D eigenvalue weighted by Gasteiger charge is -2.07. The molecule has 2 aromatic carbocycles.